The number of piperidine rings is 1. The fourth-order valence-corrected chi connectivity index (χ4v) is 3.49. The van der Waals surface area contributed by atoms with Gasteiger partial charge in [0, 0.05) is 21.8 Å². The third-order valence-corrected chi connectivity index (χ3v) is 5.70. The summed E-state index contributed by atoms with van der Waals surface area (Å²) in [7, 11) is 0. The minimum atomic E-state index is -0.0242. The number of halogens is 1. The fraction of sp³-hybridized carbons (Fsp3) is 0.333. The van der Waals surface area contributed by atoms with Crippen LogP contribution in [0.15, 0.2) is 53.0 Å². The van der Waals surface area contributed by atoms with E-state index in [1.54, 1.807) is 0 Å². The molecule has 2 aromatic rings. The predicted octanol–water partition coefficient (Wildman–Crippen LogP) is 4.05. The van der Waals surface area contributed by atoms with Crippen molar-refractivity contribution in [2.75, 3.05) is 30.3 Å². The van der Waals surface area contributed by atoms with Gasteiger partial charge in [-0.25, -0.2) is 0 Å². The van der Waals surface area contributed by atoms with Crippen molar-refractivity contribution in [3.05, 3.63) is 58.6 Å². The molecule has 0 spiro atoms. The van der Waals surface area contributed by atoms with E-state index in [9.17, 15) is 9.59 Å². The van der Waals surface area contributed by atoms with Crippen molar-refractivity contribution in [2.24, 2.45) is 5.92 Å². The van der Waals surface area contributed by atoms with E-state index in [4.69, 9.17) is 0 Å². The first-order chi connectivity index (χ1) is 13.0. The molecule has 2 amide bonds. The average molecular weight is 430 g/mol. The monoisotopic (exact) mass is 429 g/mol. The summed E-state index contributed by atoms with van der Waals surface area (Å²) in [5.74, 6) is 0.0400. The lowest BCUT2D eigenvalue weighted by molar-refractivity contribution is -0.121. The Morgan fingerprint density at radius 1 is 1.04 bits per heavy atom. The van der Waals surface area contributed by atoms with Gasteiger partial charge in [0.05, 0.1) is 6.54 Å². The van der Waals surface area contributed by atoms with Crippen LogP contribution in [0.4, 0.5) is 11.4 Å². The van der Waals surface area contributed by atoms with Crippen molar-refractivity contribution < 1.29 is 9.59 Å². The molecule has 0 aliphatic carbocycles. The third kappa shape index (κ3) is 5.65. The standard InChI is InChI=1S/C21H24BrN3O2/c1-15-13-18(7-8-19(15)22)23-20(26)14-25-11-9-16(10-12-25)21(27)24-17-5-3-2-4-6-17/h2-8,13,16H,9-12,14H2,1H3,(H,23,26)(H,24,27). The van der Waals surface area contributed by atoms with E-state index in [1.807, 2.05) is 55.5 Å². The van der Waals surface area contributed by atoms with Gasteiger partial charge in [-0.3, -0.25) is 14.5 Å². The number of carbonyl (C=O) groups excluding carboxylic acids is 2. The summed E-state index contributed by atoms with van der Waals surface area (Å²) in [6.45, 7) is 3.84. The average Bonchev–Trinajstić information content (AvgIpc) is 2.66. The van der Waals surface area contributed by atoms with Crippen molar-refractivity contribution in [2.45, 2.75) is 19.8 Å². The zero-order valence-electron chi connectivity index (χ0n) is 15.4. The maximum atomic E-state index is 12.4. The molecule has 6 heteroatoms. The summed E-state index contributed by atoms with van der Waals surface area (Å²) >= 11 is 3.46. The topological polar surface area (TPSA) is 61.4 Å². The minimum absolute atomic E-state index is 0.00126. The van der Waals surface area contributed by atoms with Crippen LogP contribution < -0.4 is 10.6 Å². The number of likely N-dealkylation sites (tertiary alicyclic amines) is 1. The van der Waals surface area contributed by atoms with Gasteiger partial charge in [0.2, 0.25) is 11.8 Å². The zero-order chi connectivity index (χ0) is 19.2. The maximum Gasteiger partial charge on any atom is 0.238 e. The number of carbonyl (C=O) groups is 2. The van der Waals surface area contributed by atoms with Crippen LogP contribution in [0.5, 0.6) is 0 Å². The molecule has 3 rings (SSSR count). The Morgan fingerprint density at radius 2 is 1.74 bits per heavy atom. The molecule has 1 aliphatic heterocycles. The van der Waals surface area contributed by atoms with Gasteiger partial charge >= 0.3 is 0 Å². The molecule has 0 saturated carbocycles. The quantitative estimate of drug-likeness (QED) is 0.753. The molecule has 1 heterocycles. The minimum Gasteiger partial charge on any atom is -0.326 e. The van der Waals surface area contributed by atoms with Gasteiger partial charge in [0.25, 0.3) is 0 Å². The normalized spacial score (nSPS) is 15.3. The Kier molecular flexibility index (Phi) is 6.63. The molecule has 0 radical (unpaired) electrons. The van der Waals surface area contributed by atoms with Crippen LogP contribution in [0, 0.1) is 12.8 Å². The summed E-state index contributed by atoms with van der Waals surface area (Å²) < 4.78 is 1.02. The van der Waals surface area contributed by atoms with Crippen LogP contribution in [0.1, 0.15) is 18.4 Å². The molecule has 1 aliphatic rings. The van der Waals surface area contributed by atoms with Gasteiger partial charge in [-0.2, -0.15) is 0 Å². The number of rotatable bonds is 5. The summed E-state index contributed by atoms with van der Waals surface area (Å²) in [6.07, 6.45) is 1.53. The number of benzene rings is 2. The zero-order valence-corrected chi connectivity index (χ0v) is 17.0. The first kappa shape index (κ1) is 19.6. The van der Waals surface area contributed by atoms with Crippen molar-refractivity contribution in [3.8, 4) is 0 Å². The van der Waals surface area contributed by atoms with Crippen LogP contribution in [-0.2, 0) is 9.59 Å². The first-order valence-electron chi connectivity index (χ1n) is 9.15. The highest BCUT2D eigenvalue weighted by Crippen LogP contribution is 2.21. The van der Waals surface area contributed by atoms with Gasteiger partial charge in [-0.15, -0.1) is 0 Å². The molecule has 2 aromatic carbocycles. The molecular formula is C21H24BrN3O2. The lowest BCUT2D eigenvalue weighted by atomic mass is 9.96. The maximum absolute atomic E-state index is 12.4. The molecular weight excluding hydrogens is 406 g/mol. The van der Waals surface area contributed by atoms with Crippen LogP contribution in [0.2, 0.25) is 0 Å². The van der Waals surface area contributed by atoms with Crippen LogP contribution in [0.25, 0.3) is 0 Å². The van der Waals surface area contributed by atoms with E-state index < -0.39 is 0 Å². The Morgan fingerprint density at radius 3 is 2.41 bits per heavy atom. The second-order valence-corrected chi connectivity index (χ2v) is 7.77. The Hall–Kier alpha value is -2.18. The van der Waals surface area contributed by atoms with E-state index in [0.717, 1.165) is 47.3 Å². The molecule has 1 fully saturated rings. The molecule has 0 bridgehead atoms. The van der Waals surface area contributed by atoms with Crippen LogP contribution >= 0.6 is 15.9 Å². The molecule has 142 valence electrons. The lowest BCUT2D eigenvalue weighted by Crippen LogP contribution is -2.41. The van der Waals surface area contributed by atoms with E-state index in [-0.39, 0.29) is 17.7 Å². The number of hydrogen-bond acceptors (Lipinski definition) is 3. The van der Waals surface area contributed by atoms with Gasteiger partial charge in [0.15, 0.2) is 0 Å². The molecule has 0 aromatic heterocycles. The summed E-state index contributed by atoms with van der Waals surface area (Å²) in [5.41, 5.74) is 2.71. The van der Waals surface area contributed by atoms with E-state index in [0.29, 0.717) is 6.54 Å². The van der Waals surface area contributed by atoms with Gasteiger partial charge in [-0.1, -0.05) is 34.1 Å². The molecule has 0 unspecified atom stereocenters. The van der Waals surface area contributed by atoms with E-state index in [2.05, 4.69) is 31.5 Å². The fourth-order valence-electron chi connectivity index (χ4n) is 3.25. The van der Waals surface area contributed by atoms with Crippen molar-refractivity contribution in [3.63, 3.8) is 0 Å². The summed E-state index contributed by atoms with van der Waals surface area (Å²) in [4.78, 5) is 26.8. The number of nitrogens with one attached hydrogen (secondary N) is 2. The second kappa shape index (κ2) is 9.15. The number of nitrogens with zero attached hydrogens (tertiary/aromatic N) is 1. The summed E-state index contributed by atoms with van der Waals surface area (Å²) in [6, 6.07) is 15.3. The number of anilines is 2. The van der Waals surface area contributed by atoms with E-state index >= 15 is 0 Å². The molecule has 0 atom stereocenters. The predicted molar refractivity (Wildman–Crippen MR) is 112 cm³/mol. The summed E-state index contributed by atoms with van der Waals surface area (Å²) in [5, 5.41) is 5.91. The Bertz CT molecular complexity index is 802. The highest BCUT2D eigenvalue weighted by Gasteiger charge is 2.26. The Balaban J connectivity index is 1.44. The van der Waals surface area contributed by atoms with Crippen LogP contribution in [0.3, 0.4) is 0 Å². The van der Waals surface area contributed by atoms with Gasteiger partial charge in [0.1, 0.15) is 0 Å². The SMILES string of the molecule is Cc1cc(NC(=O)CN2CCC(C(=O)Nc3ccccc3)CC2)ccc1Br. The van der Waals surface area contributed by atoms with Gasteiger partial charge < -0.3 is 10.6 Å². The Labute approximate surface area is 168 Å². The molecule has 1 saturated heterocycles. The highest BCUT2D eigenvalue weighted by atomic mass is 79.9. The molecule has 2 N–H and O–H groups in total. The van der Waals surface area contributed by atoms with Crippen molar-refractivity contribution in [1.82, 2.24) is 4.90 Å². The largest absolute Gasteiger partial charge is 0.326 e. The molecule has 27 heavy (non-hydrogen) atoms. The number of amides is 2. The smallest absolute Gasteiger partial charge is 0.238 e. The number of hydrogen-bond donors (Lipinski definition) is 2. The first-order valence-corrected chi connectivity index (χ1v) is 9.95. The van der Waals surface area contributed by atoms with Gasteiger partial charge in [-0.05, 0) is 68.8 Å². The highest BCUT2D eigenvalue weighted by molar-refractivity contribution is 9.10. The van der Waals surface area contributed by atoms with Crippen molar-refractivity contribution in [1.29, 1.82) is 0 Å². The second-order valence-electron chi connectivity index (χ2n) is 6.92. The number of para-hydroxylation sites is 1. The number of aryl methyl sites for hydroxylation is 1. The lowest BCUT2D eigenvalue weighted by Gasteiger charge is -2.30. The van der Waals surface area contributed by atoms with Crippen LogP contribution in [-0.4, -0.2) is 36.3 Å². The molecule has 5 nitrogen and oxygen atoms in total. The van der Waals surface area contributed by atoms with Crippen molar-refractivity contribution >= 4 is 39.1 Å². The third-order valence-electron chi connectivity index (χ3n) is 4.81. The van der Waals surface area contributed by atoms with E-state index in [1.165, 1.54) is 0 Å².